The Hall–Kier alpha value is -1.23. The molecule has 0 saturated heterocycles. The largest absolute Gasteiger partial charge is 0.497 e. The van der Waals surface area contributed by atoms with E-state index in [0.717, 1.165) is 21.3 Å². The third-order valence-corrected chi connectivity index (χ3v) is 3.91. The number of methoxy groups -OCH3 is 2. The lowest BCUT2D eigenvalue weighted by molar-refractivity contribution is 0.390. The summed E-state index contributed by atoms with van der Waals surface area (Å²) in [6.07, 6.45) is 0. The first-order valence-corrected chi connectivity index (χ1v) is 7.16. The van der Waals surface area contributed by atoms with E-state index in [1.165, 1.54) is 0 Å². The van der Waals surface area contributed by atoms with Crippen LogP contribution in [0, 0.1) is 0 Å². The molecule has 20 heavy (non-hydrogen) atoms. The van der Waals surface area contributed by atoms with Gasteiger partial charge in [0, 0.05) is 21.1 Å². The van der Waals surface area contributed by atoms with Crippen molar-refractivity contribution in [1.29, 1.82) is 0 Å². The smallest absolute Gasteiger partial charge is 0.127 e. The first kappa shape index (κ1) is 15.2. The van der Waals surface area contributed by atoms with Crippen molar-refractivity contribution < 1.29 is 9.47 Å². The molecule has 0 saturated carbocycles. The Morgan fingerprint density at radius 1 is 1.05 bits per heavy atom. The fourth-order valence-corrected chi connectivity index (χ4v) is 2.61. The zero-order chi connectivity index (χ0) is 14.7. The van der Waals surface area contributed by atoms with Gasteiger partial charge in [0.25, 0.3) is 0 Å². The Morgan fingerprint density at radius 3 is 2.45 bits per heavy atom. The number of benzene rings is 2. The van der Waals surface area contributed by atoms with E-state index in [2.05, 4.69) is 15.9 Å². The van der Waals surface area contributed by atoms with Crippen molar-refractivity contribution >= 4 is 27.5 Å². The molecule has 0 aliphatic carbocycles. The SMILES string of the molecule is COc1ccc(C(N)c2cc(Br)ccc2Cl)c(OC)c1. The molecule has 0 radical (unpaired) electrons. The fourth-order valence-electron chi connectivity index (χ4n) is 2.00. The first-order chi connectivity index (χ1) is 9.56. The van der Waals surface area contributed by atoms with Crippen molar-refractivity contribution in [2.24, 2.45) is 5.73 Å². The van der Waals surface area contributed by atoms with Gasteiger partial charge in [-0.2, -0.15) is 0 Å². The van der Waals surface area contributed by atoms with Gasteiger partial charge in [0.2, 0.25) is 0 Å². The van der Waals surface area contributed by atoms with Gasteiger partial charge in [0.1, 0.15) is 11.5 Å². The molecule has 0 aromatic heterocycles. The lowest BCUT2D eigenvalue weighted by atomic mass is 9.98. The van der Waals surface area contributed by atoms with Crippen LogP contribution in [-0.4, -0.2) is 14.2 Å². The number of hydrogen-bond donors (Lipinski definition) is 1. The van der Waals surface area contributed by atoms with Gasteiger partial charge in [0.15, 0.2) is 0 Å². The summed E-state index contributed by atoms with van der Waals surface area (Å²) in [5.41, 5.74) is 8.02. The Bertz CT molecular complexity index is 619. The lowest BCUT2D eigenvalue weighted by Crippen LogP contribution is -2.13. The summed E-state index contributed by atoms with van der Waals surface area (Å²) in [5, 5.41) is 0.624. The molecule has 2 N–H and O–H groups in total. The molecule has 5 heteroatoms. The van der Waals surface area contributed by atoms with Crippen molar-refractivity contribution in [3.05, 3.63) is 57.0 Å². The van der Waals surface area contributed by atoms with E-state index in [9.17, 15) is 0 Å². The van der Waals surface area contributed by atoms with Gasteiger partial charge in [-0.3, -0.25) is 0 Å². The van der Waals surface area contributed by atoms with Crippen LogP contribution in [0.4, 0.5) is 0 Å². The van der Waals surface area contributed by atoms with Gasteiger partial charge in [-0.1, -0.05) is 27.5 Å². The standard InChI is InChI=1S/C15H15BrClNO2/c1-19-10-4-5-11(14(8-10)20-2)15(18)12-7-9(16)3-6-13(12)17/h3-8,15H,18H2,1-2H3. The number of nitrogens with two attached hydrogens (primary N) is 1. The molecule has 1 atom stereocenters. The molecule has 2 aromatic rings. The predicted octanol–water partition coefficient (Wildman–Crippen LogP) is 4.17. The minimum atomic E-state index is -0.374. The summed E-state index contributed by atoms with van der Waals surface area (Å²) in [5.74, 6) is 1.39. The molecule has 0 aliphatic rings. The van der Waals surface area contributed by atoms with Crippen molar-refractivity contribution in [1.82, 2.24) is 0 Å². The number of rotatable bonds is 4. The van der Waals surface area contributed by atoms with Crippen molar-refractivity contribution in [3.63, 3.8) is 0 Å². The van der Waals surface area contributed by atoms with Gasteiger partial charge in [-0.15, -0.1) is 0 Å². The lowest BCUT2D eigenvalue weighted by Gasteiger charge is -2.18. The van der Waals surface area contributed by atoms with Gasteiger partial charge in [-0.25, -0.2) is 0 Å². The molecule has 0 bridgehead atoms. The summed E-state index contributed by atoms with van der Waals surface area (Å²) in [6, 6.07) is 10.8. The highest BCUT2D eigenvalue weighted by molar-refractivity contribution is 9.10. The Balaban J connectivity index is 2.47. The molecule has 2 rings (SSSR count). The summed E-state index contributed by atoms with van der Waals surface area (Å²) in [4.78, 5) is 0. The Labute approximate surface area is 131 Å². The zero-order valence-electron chi connectivity index (χ0n) is 11.2. The maximum absolute atomic E-state index is 6.33. The normalized spacial score (nSPS) is 12.1. The van der Waals surface area contributed by atoms with E-state index >= 15 is 0 Å². The van der Waals surface area contributed by atoms with Gasteiger partial charge in [-0.05, 0) is 35.9 Å². The van der Waals surface area contributed by atoms with Crippen LogP contribution in [0.15, 0.2) is 40.9 Å². The highest BCUT2D eigenvalue weighted by Crippen LogP contribution is 2.35. The molecule has 0 spiro atoms. The van der Waals surface area contributed by atoms with E-state index in [1.54, 1.807) is 20.3 Å². The second-order valence-electron chi connectivity index (χ2n) is 4.25. The van der Waals surface area contributed by atoms with Crippen LogP contribution < -0.4 is 15.2 Å². The zero-order valence-corrected chi connectivity index (χ0v) is 13.5. The van der Waals surface area contributed by atoms with E-state index in [4.69, 9.17) is 26.8 Å². The molecular formula is C15H15BrClNO2. The predicted molar refractivity (Wildman–Crippen MR) is 84.7 cm³/mol. The van der Waals surface area contributed by atoms with Crippen LogP contribution in [0.5, 0.6) is 11.5 Å². The monoisotopic (exact) mass is 355 g/mol. The van der Waals surface area contributed by atoms with Crippen molar-refractivity contribution in [3.8, 4) is 11.5 Å². The van der Waals surface area contributed by atoms with Crippen LogP contribution >= 0.6 is 27.5 Å². The Morgan fingerprint density at radius 2 is 1.80 bits per heavy atom. The van der Waals surface area contributed by atoms with E-state index in [-0.39, 0.29) is 6.04 Å². The van der Waals surface area contributed by atoms with Gasteiger partial charge >= 0.3 is 0 Å². The van der Waals surface area contributed by atoms with Gasteiger partial charge in [0.05, 0.1) is 20.3 Å². The number of halogens is 2. The average Bonchev–Trinajstić information content (AvgIpc) is 2.48. The quantitative estimate of drug-likeness (QED) is 0.894. The fraction of sp³-hybridized carbons (Fsp3) is 0.200. The number of ether oxygens (including phenoxy) is 2. The van der Waals surface area contributed by atoms with Crippen LogP contribution in [0.3, 0.4) is 0 Å². The molecule has 0 fully saturated rings. The summed E-state index contributed by atoms with van der Waals surface area (Å²) in [7, 11) is 3.22. The molecular weight excluding hydrogens is 342 g/mol. The van der Waals surface area contributed by atoms with E-state index in [0.29, 0.717) is 10.8 Å². The third-order valence-electron chi connectivity index (χ3n) is 3.07. The average molecular weight is 357 g/mol. The maximum atomic E-state index is 6.33. The summed E-state index contributed by atoms with van der Waals surface area (Å²) >= 11 is 9.66. The molecule has 0 heterocycles. The molecule has 2 aromatic carbocycles. The van der Waals surface area contributed by atoms with Crippen molar-refractivity contribution in [2.75, 3.05) is 14.2 Å². The molecule has 106 valence electrons. The maximum Gasteiger partial charge on any atom is 0.127 e. The van der Waals surface area contributed by atoms with E-state index < -0.39 is 0 Å². The van der Waals surface area contributed by atoms with E-state index in [1.807, 2.05) is 30.3 Å². The highest BCUT2D eigenvalue weighted by atomic mass is 79.9. The molecule has 3 nitrogen and oxygen atoms in total. The minimum absolute atomic E-state index is 0.374. The Kier molecular flexibility index (Phi) is 4.91. The van der Waals surface area contributed by atoms with Gasteiger partial charge < -0.3 is 15.2 Å². The second kappa shape index (κ2) is 6.48. The topological polar surface area (TPSA) is 44.5 Å². The van der Waals surface area contributed by atoms with Crippen molar-refractivity contribution in [2.45, 2.75) is 6.04 Å². The van der Waals surface area contributed by atoms with Crippen LogP contribution in [0.2, 0.25) is 5.02 Å². The highest BCUT2D eigenvalue weighted by Gasteiger charge is 2.17. The third kappa shape index (κ3) is 3.08. The first-order valence-electron chi connectivity index (χ1n) is 5.99. The molecule has 1 unspecified atom stereocenters. The number of hydrogen-bond acceptors (Lipinski definition) is 3. The minimum Gasteiger partial charge on any atom is -0.497 e. The molecule has 0 amide bonds. The summed E-state index contributed by atoms with van der Waals surface area (Å²) < 4.78 is 11.5. The molecule has 0 aliphatic heterocycles. The summed E-state index contributed by atoms with van der Waals surface area (Å²) in [6.45, 7) is 0. The van der Waals surface area contributed by atoms with Crippen LogP contribution in [0.1, 0.15) is 17.2 Å². The van der Waals surface area contributed by atoms with Crippen LogP contribution in [0.25, 0.3) is 0 Å². The van der Waals surface area contributed by atoms with Crippen LogP contribution in [-0.2, 0) is 0 Å². The second-order valence-corrected chi connectivity index (χ2v) is 5.57.